The fourth-order valence-electron chi connectivity index (χ4n) is 1.91. The fourth-order valence-corrected chi connectivity index (χ4v) is 1.91. The Morgan fingerprint density at radius 2 is 1.78 bits per heavy atom. The molecule has 0 saturated heterocycles. The van der Waals surface area contributed by atoms with Crippen LogP contribution in [0, 0.1) is 0 Å². The number of hydrogen-bond donors (Lipinski definition) is 1. The Morgan fingerprint density at radius 1 is 1.06 bits per heavy atom. The summed E-state index contributed by atoms with van der Waals surface area (Å²) in [4.78, 5) is 0. The fraction of sp³-hybridized carbons (Fsp3) is 0.500. The summed E-state index contributed by atoms with van der Waals surface area (Å²) in [5.41, 5.74) is 2.97. The van der Waals surface area contributed by atoms with E-state index in [2.05, 4.69) is 65.7 Å². The highest BCUT2D eigenvalue weighted by Crippen LogP contribution is 2.22. The van der Waals surface area contributed by atoms with Crippen molar-refractivity contribution >= 4 is 0 Å². The monoisotopic (exact) mass is 244 g/mol. The van der Waals surface area contributed by atoms with Crippen LogP contribution in [0.4, 0.5) is 0 Å². The Balaban J connectivity index is 1.87. The maximum Gasteiger partial charge on any atom is 0.174 e. The minimum Gasteiger partial charge on any atom is -0.177 e. The summed E-state index contributed by atoms with van der Waals surface area (Å²) in [5, 5.41) is 13.9. The molecular weight excluding hydrogens is 224 g/mol. The third-order valence-corrected chi connectivity index (χ3v) is 3.08. The van der Waals surface area contributed by atoms with Gasteiger partial charge in [0.05, 0.1) is 0 Å². The van der Waals surface area contributed by atoms with Gasteiger partial charge >= 0.3 is 0 Å². The maximum atomic E-state index is 3.95. The van der Waals surface area contributed by atoms with Crippen molar-refractivity contribution in [2.45, 2.75) is 45.4 Å². The van der Waals surface area contributed by atoms with Gasteiger partial charge < -0.3 is 0 Å². The van der Waals surface area contributed by atoms with Crippen molar-refractivity contribution in [2.24, 2.45) is 0 Å². The van der Waals surface area contributed by atoms with E-state index < -0.39 is 0 Å². The van der Waals surface area contributed by atoms with Gasteiger partial charge in [-0.3, -0.25) is 0 Å². The van der Waals surface area contributed by atoms with Gasteiger partial charge in [0.25, 0.3) is 0 Å². The first-order valence-electron chi connectivity index (χ1n) is 6.37. The predicted molar refractivity (Wildman–Crippen MR) is 71.3 cm³/mol. The van der Waals surface area contributed by atoms with Gasteiger partial charge in [0.2, 0.25) is 0 Å². The maximum absolute atomic E-state index is 3.95. The van der Waals surface area contributed by atoms with Crippen molar-refractivity contribution in [3.05, 3.63) is 41.2 Å². The van der Waals surface area contributed by atoms with Crippen LogP contribution in [0.15, 0.2) is 24.3 Å². The molecule has 1 aromatic heterocycles. The molecule has 1 N–H and O–H groups in total. The SMILES string of the molecule is CC(C)(C)c1ccc(CCCc2nn[nH]n2)cc1. The molecule has 1 heterocycles. The molecule has 0 amide bonds. The number of nitrogens with one attached hydrogen (secondary N) is 1. The minimum absolute atomic E-state index is 0.225. The summed E-state index contributed by atoms with van der Waals surface area (Å²) in [6, 6.07) is 8.89. The molecule has 0 atom stereocenters. The highest BCUT2D eigenvalue weighted by molar-refractivity contribution is 5.27. The number of aryl methyl sites for hydroxylation is 2. The topological polar surface area (TPSA) is 54.5 Å². The van der Waals surface area contributed by atoms with Gasteiger partial charge in [0, 0.05) is 6.42 Å². The first kappa shape index (κ1) is 12.7. The number of H-pyrrole nitrogens is 1. The van der Waals surface area contributed by atoms with Crippen molar-refractivity contribution in [1.29, 1.82) is 0 Å². The lowest BCUT2D eigenvalue weighted by Crippen LogP contribution is -2.10. The van der Waals surface area contributed by atoms with Crippen molar-refractivity contribution < 1.29 is 0 Å². The van der Waals surface area contributed by atoms with E-state index >= 15 is 0 Å². The van der Waals surface area contributed by atoms with Crippen LogP contribution in [-0.2, 0) is 18.3 Å². The van der Waals surface area contributed by atoms with Gasteiger partial charge in [0.1, 0.15) is 0 Å². The Bertz CT molecular complexity index is 465. The van der Waals surface area contributed by atoms with E-state index in [9.17, 15) is 0 Å². The molecule has 0 spiro atoms. The highest BCUT2D eigenvalue weighted by Gasteiger charge is 2.12. The molecular formula is C14H20N4. The quantitative estimate of drug-likeness (QED) is 0.899. The molecule has 2 aromatic rings. The second kappa shape index (κ2) is 5.29. The number of hydrogen-bond acceptors (Lipinski definition) is 3. The number of benzene rings is 1. The van der Waals surface area contributed by atoms with Gasteiger partial charge in [-0.2, -0.15) is 5.21 Å². The molecule has 0 radical (unpaired) electrons. The van der Waals surface area contributed by atoms with E-state index in [4.69, 9.17) is 0 Å². The molecule has 0 aliphatic heterocycles. The molecule has 1 aromatic carbocycles. The number of nitrogens with zero attached hydrogens (tertiary/aromatic N) is 3. The summed E-state index contributed by atoms with van der Waals surface area (Å²) in [7, 11) is 0. The molecule has 18 heavy (non-hydrogen) atoms. The summed E-state index contributed by atoms with van der Waals surface area (Å²) < 4.78 is 0. The predicted octanol–water partition coefficient (Wildman–Crippen LogP) is 2.67. The van der Waals surface area contributed by atoms with E-state index in [0.29, 0.717) is 0 Å². The van der Waals surface area contributed by atoms with E-state index in [1.807, 2.05) is 0 Å². The second-order valence-corrected chi connectivity index (χ2v) is 5.63. The lowest BCUT2D eigenvalue weighted by atomic mass is 9.86. The zero-order valence-corrected chi connectivity index (χ0v) is 11.3. The van der Waals surface area contributed by atoms with Crippen molar-refractivity contribution in [1.82, 2.24) is 20.6 Å². The van der Waals surface area contributed by atoms with E-state index in [1.54, 1.807) is 0 Å². The number of aromatic amines is 1. The molecule has 4 heteroatoms. The Hall–Kier alpha value is -1.71. The number of tetrazole rings is 1. The van der Waals surface area contributed by atoms with Crippen LogP contribution in [0.3, 0.4) is 0 Å². The van der Waals surface area contributed by atoms with Gasteiger partial charge in [-0.1, -0.05) is 50.3 Å². The van der Waals surface area contributed by atoms with E-state index in [-0.39, 0.29) is 5.41 Å². The molecule has 96 valence electrons. The number of aromatic nitrogens is 4. The van der Waals surface area contributed by atoms with Crippen molar-refractivity contribution in [2.75, 3.05) is 0 Å². The molecule has 0 unspecified atom stereocenters. The van der Waals surface area contributed by atoms with Gasteiger partial charge in [0.15, 0.2) is 5.82 Å². The summed E-state index contributed by atoms with van der Waals surface area (Å²) in [6.07, 6.45) is 2.98. The van der Waals surface area contributed by atoms with Crippen LogP contribution < -0.4 is 0 Å². The van der Waals surface area contributed by atoms with Crippen LogP contribution in [0.2, 0.25) is 0 Å². The molecule has 0 fully saturated rings. The normalized spacial score (nSPS) is 11.7. The van der Waals surface area contributed by atoms with Gasteiger partial charge in [-0.15, -0.1) is 10.2 Å². The Kier molecular flexibility index (Phi) is 3.75. The average Bonchev–Trinajstić information content (AvgIpc) is 2.82. The summed E-state index contributed by atoms with van der Waals surface area (Å²) >= 11 is 0. The van der Waals surface area contributed by atoms with Gasteiger partial charge in [-0.25, -0.2) is 0 Å². The molecule has 0 aliphatic carbocycles. The first-order chi connectivity index (χ1) is 8.55. The zero-order chi connectivity index (χ0) is 13.0. The van der Waals surface area contributed by atoms with Crippen LogP contribution in [0.1, 0.15) is 44.1 Å². The summed E-state index contributed by atoms with van der Waals surface area (Å²) in [6.45, 7) is 6.70. The third kappa shape index (κ3) is 3.39. The minimum atomic E-state index is 0.225. The van der Waals surface area contributed by atoms with Crippen molar-refractivity contribution in [3.8, 4) is 0 Å². The van der Waals surface area contributed by atoms with Crippen LogP contribution in [-0.4, -0.2) is 20.6 Å². The largest absolute Gasteiger partial charge is 0.177 e. The van der Waals surface area contributed by atoms with E-state index in [0.717, 1.165) is 25.1 Å². The molecule has 0 aliphatic rings. The van der Waals surface area contributed by atoms with Crippen LogP contribution in [0.5, 0.6) is 0 Å². The third-order valence-electron chi connectivity index (χ3n) is 3.08. The lowest BCUT2D eigenvalue weighted by Gasteiger charge is -2.19. The standard InChI is InChI=1S/C14H20N4/c1-14(2,3)12-9-7-11(8-10-12)5-4-6-13-15-17-18-16-13/h7-10H,4-6H2,1-3H3,(H,15,16,17,18). The highest BCUT2D eigenvalue weighted by atomic mass is 15.5. The average molecular weight is 244 g/mol. The van der Waals surface area contributed by atoms with Crippen LogP contribution in [0.25, 0.3) is 0 Å². The molecule has 0 saturated carbocycles. The van der Waals surface area contributed by atoms with Crippen LogP contribution >= 0.6 is 0 Å². The van der Waals surface area contributed by atoms with E-state index in [1.165, 1.54) is 11.1 Å². The Morgan fingerprint density at radius 3 is 2.33 bits per heavy atom. The summed E-state index contributed by atoms with van der Waals surface area (Å²) in [5.74, 6) is 0.793. The second-order valence-electron chi connectivity index (χ2n) is 5.63. The lowest BCUT2D eigenvalue weighted by molar-refractivity contribution is 0.590. The van der Waals surface area contributed by atoms with Gasteiger partial charge in [-0.05, 0) is 29.4 Å². The first-order valence-corrected chi connectivity index (χ1v) is 6.37. The smallest absolute Gasteiger partial charge is 0.174 e. The number of rotatable bonds is 4. The Labute approximate surface area is 108 Å². The molecule has 4 nitrogen and oxygen atoms in total. The van der Waals surface area contributed by atoms with Crippen molar-refractivity contribution in [3.63, 3.8) is 0 Å². The molecule has 0 bridgehead atoms. The molecule has 2 rings (SSSR count). The zero-order valence-electron chi connectivity index (χ0n) is 11.3.